The Morgan fingerprint density at radius 3 is 2.32 bits per heavy atom. The summed E-state index contributed by atoms with van der Waals surface area (Å²) in [6, 6.07) is 10.6. The van der Waals surface area contributed by atoms with Gasteiger partial charge < -0.3 is 5.11 Å². The summed E-state index contributed by atoms with van der Waals surface area (Å²) in [7, 11) is 0. The lowest BCUT2D eigenvalue weighted by molar-refractivity contribution is 0.151. The van der Waals surface area contributed by atoms with Crippen LogP contribution in [0.3, 0.4) is 0 Å². The van der Waals surface area contributed by atoms with Crippen LogP contribution in [0.2, 0.25) is 0 Å². The minimum absolute atomic E-state index is 0.0243. The zero-order valence-electron chi connectivity index (χ0n) is 9.57. The molecule has 0 spiro atoms. The number of alkyl halides is 2. The Bertz CT molecular complexity index is 648. The van der Waals surface area contributed by atoms with Crippen LogP contribution in [-0.2, 0) is 0 Å². The van der Waals surface area contributed by atoms with Crippen LogP contribution in [0.25, 0.3) is 11.1 Å². The standard InChI is InChI=1S/C14H8BrF2NO/c15-12-6-8(7-18)5-11(13(12)19)9-1-3-10(4-2-9)14(16)17/h1-6,14,19H. The van der Waals surface area contributed by atoms with Gasteiger partial charge in [-0.3, -0.25) is 0 Å². The summed E-state index contributed by atoms with van der Waals surface area (Å²) in [6.45, 7) is 0. The van der Waals surface area contributed by atoms with Crippen LogP contribution in [-0.4, -0.2) is 5.11 Å². The Morgan fingerprint density at radius 2 is 1.79 bits per heavy atom. The summed E-state index contributed by atoms with van der Waals surface area (Å²) >= 11 is 3.15. The Labute approximate surface area is 117 Å². The van der Waals surface area contributed by atoms with E-state index in [2.05, 4.69) is 15.9 Å². The average molecular weight is 324 g/mol. The van der Waals surface area contributed by atoms with Gasteiger partial charge in [-0.15, -0.1) is 0 Å². The van der Waals surface area contributed by atoms with Gasteiger partial charge in [-0.1, -0.05) is 24.3 Å². The number of aromatic hydroxyl groups is 1. The van der Waals surface area contributed by atoms with Crippen molar-refractivity contribution >= 4 is 15.9 Å². The second-order valence-corrected chi connectivity index (χ2v) is 4.74. The Balaban J connectivity index is 2.52. The van der Waals surface area contributed by atoms with Gasteiger partial charge in [-0.25, -0.2) is 8.78 Å². The van der Waals surface area contributed by atoms with Crippen molar-refractivity contribution in [1.29, 1.82) is 5.26 Å². The number of phenols is 1. The molecule has 0 amide bonds. The number of phenolic OH excluding ortho intramolecular Hbond substituents is 1. The normalized spacial score (nSPS) is 10.5. The van der Waals surface area contributed by atoms with Crippen molar-refractivity contribution in [2.75, 3.05) is 0 Å². The van der Waals surface area contributed by atoms with Crippen LogP contribution in [0.4, 0.5) is 8.78 Å². The minimum atomic E-state index is -2.53. The van der Waals surface area contributed by atoms with E-state index in [1.165, 1.54) is 36.4 Å². The molecule has 0 aliphatic heterocycles. The molecule has 0 unspecified atom stereocenters. The van der Waals surface area contributed by atoms with Gasteiger partial charge in [-0.05, 0) is 33.6 Å². The predicted molar refractivity (Wildman–Crippen MR) is 70.9 cm³/mol. The molecule has 2 aromatic carbocycles. The molecule has 2 aromatic rings. The molecule has 2 rings (SSSR count). The summed E-state index contributed by atoms with van der Waals surface area (Å²) in [4.78, 5) is 0. The van der Waals surface area contributed by atoms with Crippen LogP contribution in [0.1, 0.15) is 17.6 Å². The fraction of sp³-hybridized carbons (Fsp3) is 0.0714. The van der Waals surface area contributed by atoms with Crippen molar-refractivity contribution < 1.29 is 13.9 Å². The predicted octanol–water partition coefficient (Wildman–Crippen LogP) is 4.63. The summed E-state index contributed by atoms with van der Waals surface area (Å²) < 4.78 is 25.3. The SMILES string of the molecule is N#Cc1cc(Br)c(O)c(-c2ccc(C(F)F)cc2)c1. The Kier molecular flexibility index (Phi) is 3.82. The van der Waals surface area contributed by atoms with E-state index in [1.807, 2.05) is 6.07 Å². The number of nitrogens with zero attached hydrogens (tertiary/aromatic N) is 1. The van der Waals surface area contributed by atoms with Gasteiger partial charge in [0, 0.05) is 11.1 Å². The fourth-order valence-electron chi connectivity index (χ4n) is 1.69. The van der Waals surface area contributed by atoms with Crippen LogP contribution >= 0.6 is 15.9 Å². The maximum absolute atomic E-state index is 12.5. The summed E-state index contributed by atoms with van der Waals surface area (Å²) in [5, 5.41) is 18.8. The van der Waals surface area contributed by atoms with E-state index in [9.17, 15) is 13.9 Å². The number of hydrogen-bond acceptors (Lipinski definition) is 2. The molecular formula is C14H8BrF2NO. The molecule has 19 heavy (non-hydrogen) atoms. The van der Waals surface area contributed by atoms with E-state index < -0.39 is 6.43 Å². The maximum atomic E-state index is 12.5. The first-order valence-electron chi connectivity index (χ1n) is 5.34. The van der Waals surface area contributed by atoms with Gasteiger partial charge in [0.05, 0.1) is 16.1 Å². The van der Waals surface area contributed by atoms with Crippen molar-refractivity contribution in [3.8, 4) is 22.9 Å². The number of nitriles is 1. The third-order valence-electron chi connectivity index (χ3n) is 2.67. The zero-order chi connectivity index (χ0) is 14.0. The third-order valence-corrected chi connectivity index (χ3v) is 3.27. The molecule has 96 valence electrons. The molecular weight excluding hydrogens is 316 g/mol. The van der Waals surface area contributed by atoms with Crippen LogP contribution in [0, 0.1) is 11.3 Å². The zero-order valence-corrected chi connectivity index (χ0v) is 11.2. The summed E-state index contributed by atoms with van der Waals surface area (Å²) in [5.74, 6) is -0.0243. The molecule has 0 fully saturated rings. The molecule has 2 nitrogen and oxygen atoms in total. The van der Waals surface area contributed by atoms with E-state index in [-0.39, 0.29) is 11.3 Å². The van der Waals surface area contributed by atoms with Crippen molar-refractivity contribution in [3.63, 3.8) is 0 Å². The average Bonchev–Trinajstić information content (AvgIpc) is 2.41. The maximum Gasteiger partial charge on any atom is 0.263 e. The third kappa shape index (κ3) is 2.74. The first kappa shape index (κ1) is 13.5. The van der Waals surface area contributed by atoms with Gasteiger partial charge in [0.1, 0.15) is 5.75 Å². The Hall–Kier alpha value is -1.93. The van der Waals surface area contributed by atoms with Gasteiger partial charge in [0.25, 0.3) is 6.43 Å². The van der Waals surface area contributed by atoms with Crippen LogP contribution < -0.4 is 0 Å². The van der Waals surface area contributed by atoms with Crippen molar-refractivity contribution in [3.05, 3.63) is 52.0 Å². The summed E-state index contributed by atoms with van der Waals surface area (Å²) in [6.07, 6.45) is -2.53. The first-order valence-corrected chi connectivity index (χ1v) is 6.13. The molecule has 0 radical (unpaired) electrons. The summed E-state index contributed by atoms with van der Waals surface area (Å²) in [5.41, 5.74) is 1.28. The smallest absolute Gasteiger partial charge is 0.263 e. The number of rotatable bonds is 2. The highest BCUT2D eigenvalue weighted by Gasteiger charge is 2.12. The van der Waals surface area contributed by atoms with E-state index >= 15 is 0 Å². The second-order valence-electron chi connectivity index (χ2n) is 3.89. The lowest BCUT2D eigenvalue weighted by Gasteiger charge is -2.08. The van der Waals surface area contributed by atoms with E-state index in [0.717, 1.165) is 0 Å². The quantitative estimate of drug-likeness (QED) is 0.875. The van der Waals surface area contributed by atoms with E-state index in [0.29, 0.717) is 21.2 Å². The highest BCUT2D eigenvalue weighted by molar-refractivity contribution is 9.10. The molecule has 0 bridgehead atoms. The fourth-order valence-corrected chi connectivity index (χ4v) is 2.15. The topological polar surface area (TPSA) is 44.0 Å². The first-order chi connectivity index (χ1) is 9.02. The van der Waals surface area contributed by atoms with Crippen LogP contribution in [0.5, 0.6) is 5.75 Å². The van der Waals surface area contributed by atoms with Crippen molar-refractivity contribution in [2.24, 2.45) is 0 Å². The number of hydrogen-bond donors (Lipinski definition) is 1. The largest absolute Gasteiger partial charge is 0.506 e. The Morgan fingerprint density at radius 1 is 1.16 bits per heavy atom. The van der Waals surface area contributed by atoms with Gasteiger partial charge in [0.2, 0.25) is 0 Å². The van der Waals surface area contributed by atoms with Gasteiger partial charge in [0.15, 0.2) is 0 Å². The molecule has 5 heteroatoms. The molecule has 1 N–H and O–H groups in total. The van der Waals surface area contributed by atoms with Gasteiger partial charge >= 0.3 is 0 Å². The van der Waals surface area contributed by atoms with E-state index in [1.54, 1.807) is 0 Å². The monoisotopic (exact) mass is 323 g/mol. The molecule has 0 aliphatic rings. The van der Waals surface area contributed by atoms with E-state index in [4.69, 9.17) is 5.26 Å². The molecule has 0 aromatic heterocycles. The lowest BCUT2D eigenvalue weighted by atomic mass is 10.0. The highest BCUT2D eigenvalue weighted by Crippen LogP contribution is 2.37. The molecule has 0 heterocycles. The van der Waals surface area contributed by atoms with Crippen LogP contribution in [0.15, 0.2) is 40.9 Å². The van der Waals surface area contributed by atoms with Gasteiger partial charge in [-0.2, -0.15) is 5.26 Å². The number of halogens is 3. The molecule has 0 saturated carbocycles. The van der Waals surface area contributed by atoms with Crippen molar-refractivity contribution in [2.45, 2.75) is 6.43 Å². The molecule has 0 atom stereocenters. The molecule has 0 saturated heterocycles. The second kappa shape index (κ2) is 5.37. The minimum Gasteiger partial charge on any atom is -0.506 e. The number of benzene rings is 2. The molecule has 0 aliphatic carbocycles. The van der Waals surface area contributed by atoms with Crippen molar-refractivity contribution in [1.82, 2.24) is 0 Å². The highest BCUT2D eigenvalue weighted by atomic mass is 79.9. The lowest BCUT2D eigenvalue weighted by Crippen LogP contribution is -1.86.